The Bertz CT molecular complexity index is 1050. The van der Waals surface area contributed by atoms with Crippen LogP contribution in [-0.2, 0) is 6.54 Å². The van der Waals surface area contributed by atoms with E-state index >= 15 is 0 Å². The van der Waals surface area contributed by atoms with Crippen LogP contribution in [-0.4, -0.2) is 37.5 Å². The number of likely N-dealkylation sites (tertiary alicyclic amines) is 1. The highest BCUT2D eigenvalue weighted by atomic mass is 15.2. The van der Waals surface area contributed by atoms with Crippen molar-refractivity contribution < 1.29 is 0 Å². The lowest BCUT2D eigenvalue weighted by atomic mass is 10.0. The Balaban J connectivity index is 1.51. The fraction of sp³-hybridized carbons (Fsp3) is 0.333. The van der Waals surface area contributed by atoms with E-state index in [-0.39, 0.29) is 0 Å². The third kappa shape index (κ3) is 2.59. The van der Waals surface area contributed by atoms with Crippen LogP contribution in [0.15, 0.2) is 48.8 Å². The molecule has 1 aromatic carbocycles. The minimum atomic E-state index is 0.456. The summed E-state index contributed by atoms with van der Waals surface area (Å²) in [6.07, 6.45) is 6.28. The van der Waals surface area contributed by atoms with Gasteiger partial charge in [0.2, 0.25) is 0 Å². The van der Waals surface area contributed by atoms with Crippen molar-refractivity contribution in [1.82, 2.24) is 24.4 Å². The van der Waals surface area contributed by atoms with Crippen LogP contribution in [0.25, 0.3) is 22.1 Å². The molecule has 0 radical (unpaired) electrons. The molecule has 5 heteroatoms. The molecule has 1 aliphatic rings. The Labute approximate surface area is 152 Å². The zero-order valence-corrected chi connectivity index (χ0v) is 15.0. The third-order valence-electron chi connectivity index (χ3n) is 5.51. The molecule has 0 spiro atoms. The average Bonchev–Trinajstić information content (AvgIpc) is 3.26. The molecule has 1 fully saturated rings. The number of nitrogens with zero attached hydrogens (tertiary/aromatic N) is 4. The number of aromatic nitrogens is 4. The number of hydrogen-bond donors (Lipinski definition) is 1. The molecule has 1 atom stereocenters. The van der Waals surface area contributed by atoms with Crippen LogP contribution >= 0.6 is 0 Å². The van der Waals surface area contributed by atoms with Gasteiger partial charge in [0.25, 0.3) is 0 Å². The van der Waals surface area contributed by atoms with Gasteiger partial charge in [-0.2, -0.15) is 0 Å². The van der Waals surface area contributed by atoms with Crippen molar-refractivity contribution in [3.63, 3.8) is 0 Å². The molecule has 1 aliphatic heterocycles. The summed E-state index contributed by atoms with van der Waals surface area (Å²) in [5.74, 6) is 1.09. The van der Waals surface area contributed by atoms with E-state index < -0.39 is 0 Å². The highest BCUT2D eigenvalue weighted by molar-refractivity contribution is 6.01. The van der Waals surface area contributed by atoms with E-state index in [0.29, 0.717) is 6.04 Å². The summed E-state index contributed by atoms with van der Waals surface area (Å²) < 4.78 is 2.45. The molecule has 0 saturated carbocycles. The zero-order chi connectivity index (χ0) is 17.5. The van der Waals surface area contributed by atoms with Gasteiger partial charge in [-0.15, -0.1) is 0 Å². The van der Waals surface area contributed by atoms with Crippen LogP contribution in [0.3, 0.4) is 0 Å². The maximum absolute atomic E-state index is 4.80. The molecule has 26 heavy (non-hydrogen) atoms. The molecule has 4 heterocycles. The smallest absolute Gasteiger partial charge is 0.139 e. The monoisotopic (exact) mass is 345 g/mol. The Hall–Kier alpha value is -2.66. The molecule has 1 saturated heterocycles. The van der Waals surface area contributed by atoms with Crippen molar-refractivity contribution in [2.45, 2.75) is 32.4 Å². The standard InChI is InChI=1S/C21H23N5/c1-15-24-19-12-23-21-18(9-10-22-21)20(19)26(15)17-8-5-11-25(14-17)13-16-6-3-2-4-7-16/h2-4,6-7,9-10,12,17H,5,8,11,13-14H2,1H3,(H,22,23)/t17-/m1/s1. The third-order valence-corrected chi connectivity index (χ3v) is 5.51. The number of hydrogen-bond acceptors (Lipinski definition) is 3. The number of benzene rings is 1. The van der Waals surface area contributed by atoms with Gasteiger partial charge in [0, 0.05) is 30.7 Å². The van der Waals surface area contributed by atoms with Crippen molar-refractivity contribution in [1.29, 1.82) is 0 Å². The normalized spacial score (nSPS) is 18.7. The van der Waals surface area contributed by atoms with E-state index in [4.69, 9.17) is 4.98 Å². The molecule has 0 bridgehead atoms. The summed E-state index contributed by atoms with van der Waals surface area (Å²) in [4.78, 5) is 15.1. The topological polar surface area (TPSA) is 49.7 Å². The van der Waals surface area contributed by atoms with Crippen LogP contribution in [0, 0.1) is 6.92 Å². The van der Waals surface area contributed by atoms with E-state index in [9.17, 15) is 0 Å². The lowest BCUT2D eigenvalue weighted by Crippen LogP contribution is -2.36. The highest BCUT2D eigenvalue weighted by Gasteiger charge is 2.25. The van der Waals surface area contributed by atoms with Gasteiger partial charge in [-0.25, -0.2) is 9.97 Å². The first-order valence-corrected chi connectivity index (χ1v) is 9.36. The molecule has 0 aliphatic carbocycles. The zero-order valence-electron chi connectivity index (χ0n) is 15.0. The van der Waals surface area contributed by atoms with Crippen LogP contribution in [0.2, 0.25) is 0 Å². The first-order valence-electron chi connectivity index (χ1n) is 9.36. The fourth-order valence-corrected chi connectivity index (χ4v) is 4.38. The maximum atomic E-state index is 4.80. The summed E-state index contributed by atoms with van der Waals surface area (Å²) in [5, 5.41) is 1.17. The predicted octanol–water partition coefficient (Wildman–Crippen LogP) is 4.06. The number of nitrogens with one attached hydrogen (secondary N) is 1. The van der Waals surface area contributed by atoms with Crippen molar-refractivity contribution in [3.8, 4) is 0 Å². The van der Waals surface area contributed by atoms with Crippen molar-refractivity contribution >= 4 is 22.1 Å². The van der Waals surface area contributed by atoms with Crippen LogP contribution in [0.4, 0.5) is 0 Å². The van der Waals surface area contributed by atoms with Crippen LogP contribution < -0.4 is 0 Å². The summed E-state index contributed by atoms with van der Waals surface area (Å²) in [5.41, 5.74) is 4.54. The molecule has 0 amide bonds. The van der Waals surface area contributed by atoms with Gasteiger partial charge in [-0.1, -0.05) is 30.3 Å². The van der Waals surface area contributed by atoms with E-state index in [2.05, 4.69) is 62.8 Å². The Morgan fingerprint density at radius 3 is 2.96 bits per heavy atom. The lowest BCUT2D eigenvalue weighted by molar-refractivity contribution is 0.171. The number of pyridine rings is 1. The molecule has 1 N–H and O–H groups in total. The summed E-state index contributed by atoms with van der Waals surface area (Å²) in [7, 11) is 0. The second-order valence-corrected chi connectivity index (χ2v) is 7.28. The molecule has 4 aromatic rings. The van der Waals surface area contributed by atoms with Crippen LogP contribution in [0.5, 0.6) is 0 Å². The van der Waals surface area contributed by atoms with E-state index in [1.54, 1.807) is 0 Å². The number of H-pyrrole nitrogens is 1. The Morgan fingerprint density at radius 1 is 1.19 bits per heavy atom. The van der Waals surface area contributed by atoms with Gasteiger partial charge in [0.15, 0.2) is 0 Å². The van der Waals surface area contributed by atoms with Gasteiger partial charge >= 0.3 is 0 Å². The summed E-state index contributed by atoms with van der Waals surface area (Å²) >= 11 is 0. The second kappa shape index (κ2) is 6.25. The second-order valence-electron chi connectivity index (χ2n) is 7.28. The highest BCUT2D eigenvalue weighted by Crippen LogP contribution is 2.31. The number of aromatic amines is 1. The largest absolute Gasteiger partial charge is 0.346 e. The number of rotatable bonds is 3. The number of aryl methyl sites for hydroxylation is 1. The first kappa shape index (κ1) is 15.6. The lowest BCUT2D eigenvalue weighted by Gasteiger charge is -2.34. The number of fused-ring (bicyclic) bond motifs is 3. The van der Waals surface area contributed by atoms with Gasteiger partial charge in [0.1, 0.15) is 17.0 Å². The Morgan fingerprint density at radius 2 is 2.08 bits per heavy atom. The first-order chi connectivity index (χ1) is 12.8. The van der Waals surface area contributed by atoms with Gasteiger partial charge in [-0.05, 0) is 37.9 Å². The fourth-order valence-electron chi connectivity index (χ4n) is 4.38. The summed E-state index contributed by atoms with van der Waals surface area (Å²) in [6.45, 7) is 5.37. The van der Waals surface area contributed by atoms with Crippen molar-refractivity contribution in [3.05, 3.63) is 60.2 Å². The van der Waals surface area contributed by atoms with Crippen molar-refractivity contribution in [2.75, 3.05) is 13.1 Å². The van der Waals surface area contributed by atoms with Crippen molar-refractivity contribution in [2.24, 2.45) is 0 Å². The molecule has 5 rings (SSSR count). The van der Waals surface area contributed by atoms with E-state index in [1.807, 2.05) is 12.4 Å². The van der Waals surface area contributed by atoms with Crippen LogP contribution in [0.1, 0.15) is 30.3 Å². The van der Waals surface area contributed by atoms with Gasteiger partial charge in [-0.3, -0.25) is 4.90 Å². The molecule has 5 nitrogen and oxygen atoms in total. The molecule has 0 unspecified atom stereocenters. The molecular formula is C21H23N5. The minimum Gasteiger partial charge on any atom is -0.346 e. The molecule has 3 aromatic heterocycles. The summed E-state index contributed by atoms with van der Waals surface area (Å²) in [6, 6.07) is 13.3. The maximum Gasteiger partial charge on any atom is 0.139 e. The predicted molar refractivity (Wildman–Crippen MR) is 104 cm³/mol. The SMILES string of the molecule is Cc1nc2cnc3[nH]ccc3c2n1[C@@H]1CCCN(Cc2ccccc2)C1. The molecular weight excluding hydrogens is 322 g/mol. The minimum absolute atomic E-state index is 0.456. The quantitative estimate of drug-likeness (QED) is 0.609. The van der Waals surface area contributed by atoms with Gasteiger partial charge < -0.3 is 9.55 Å². The average molecular weight is 345 g/mol. The van der Waals surface area contributed by atoms with E-state index in [0.717, 1.165) is 36.6 Å². The molecule has 132 valence electrons. The number of imidazole rings is 1. The number of piperidine rings is 1. The van der Waals surface area contributed by atoms with E-state index in [1.165, 1.54) is 29.3 Å². The van der Waals surface area contributed by atoms with Gasteiger partial charge in [0.05, 0.1) is 11.7 Å². The Kier molecular flexibility index (Phi) is 3.75.